The van der Waals surface area contributed by atoms with Crippen molar-refractivity contribution in [2.75, 3.05) is 5.32 Å². The van der Waals surface area contributed by atoms with Crippen molar-refractivity contribution in [2.45, 2.75) is 6.42 Å². The summed E-state index contributed by atoms with van der Waals surface area (Å²) in [5, 5.41) is 4.80. The van der Waals surface area contributed by atoms with Crippen molar-refractivity contribution in [2.24, 2.45) is 0 Å². The van der Waals surface area contributed by atoms with Crippen LogP contribution in [0.25, 0.3) is 10.1 Å². The van der Waals surface area contributed by atoms with E-state index in [1.54, 1.807) is 42.5 Å². The Kier molecular flexibility index (Phi) is 5.67. The Morgan fingerprint density at radius 1 is 0.897 bits per heavy atom. The molecule has 1 heterocycles. The molecule has 4 rings (SSSR count). The Morgan fingerprint density at radius 3 is 2.41 bits per heavy atom. The Bertz CT molecular complexity index is 1220. The van der Waals surface area contributed by atoms with Crippen LogP contribution in [0.4, 0.5) is 5.69 Å². The Hall–Kier alpha value is -2.66. The van der Waals surface area contributed by atoms with E-state index < -0.39 is 0 Å². The van der Waals surface area contributed by atoms with E-state index in [2.05, 4.69) is 5.32 Å². The molecule has 29 heavy (non-hydrogen) atoms. The minimum absolute atomic E-state index is 0.0635. The summed E-state index contributed by atoms with van der Waals surface area (Å²) in [6.07, 6.45) is 0.175. The fourth-order valence-corrected chi connectivity index (χ4v) is 4.62. The van der Waals surface area contributed by atoms with E-state index in [0.717, 1.165) is 15.6 Å². The molecule has 0 atom stereocenters. The van der Waals surface area contributed by atoms with Crippen LogP contribution in [-0.2, 0) is 6.42 Å². The maximum absolute atomic E-state index is 12.8. The molecule has 1 amide bonds. The van der Waals surface area contributed by atoms with Gasteiger partial charge in [-0.3, -0.25) is 9.59 Å². The molecule has 0 radical (unpaired) electrons. The third-order valence-electron chi connectivity index (χ3n) is 4.44. The number of halogens is 2. The maximum atomic E-state index is 12.8. The fraction of sp³-hybridized carbons (Fsp3) is 0.0435. The van der Waals surface area contributed by atoms with Crippen molar-refractivity contribution in [1.29, 1.82) is 0 Å². The minimum Gasteiger partial charge on any atom is -0.322 e. The van der Waals surface area contributed by atoms with Gasteiger partial charge in [-0.05, 0) is 48.0 Å². The molecule has 0 saturated heterocycles. The molecule has 0 spiro atoms. The zero-order valence-corrected chi connectivity index (χ0v) is 17.4. The number of hydrogen-bond acceptors (Lipinski definition) is 3. The Morgan fingerprint density at radius 2 is 1.66 bits per heavy atom. The Labute approximate surface area is 181 Å². The summed E-state index contributed by atoms with van der Waals surface area (Å²) in [4.78, 5) is 25.9. The summed E-state index contributed by atoms with van der Waals surface area (Å²) in [6.45, 7) is 0. The highest BCUT2D eigenvalue weighted by atomic mass is 35.5. The number of carbonyl (C=O) groups excluding carboxylic acids is 2. The molecular formula is C23H15Cl2NO2S. The van der Waals surface area contributed by atoms with Crippen LogP contribution in [0.2, 0.25) is 10.0 Å². The first-order valence-corrected chi connectivity index (χ1v) is 10.4. The van der Waals surface area contributed by atoms with Crippen molar-refractivity contribution in [3.05, 3.63) is 98.8 Å². The van der Waals surface area contributed by atoms with Crippen LogP contribution in [-0.4, -0.2) is 11.7 Å². The molecule has 144 valence electrons. The molecule has 4 aromatic rings. The second-order valence-corrected chi connectivity index (χ2v) is 8.37. The van der Waals surface area contributed by atoms with Gasteiger partial charge in [-0.2, -0.15) is 0 Å². The van der Waals surface area contributed by atoms with Crippen molar-refractivity contribution in [1.82, 2.24) is 0 Å². The number of ketones is 1. The molecule has 0 bridgehead atoms. The predicted molar refractivity (Wildman–Crippen MR) is 121 cm³/mol. The number of carbonyl (C=O) groups is 2. The maximum Gasteiger partial charge on any atom is 0.255 e. The quantitative estimate of drug-likeness (QED) is 0.344. The smallest absolute Gasteiger partial charge is 0.255 e. The second-order valence-electron chi connectivity index (χ2n) is 6.50. The highest BCUT2D eigenvalue weighted by Crippen LogP contribution is 2.35. The van der Waals surface area contributed by atoms with Gasteiger partial charge in [0.25, 0.3) is 5.91 Å². The molecule has 0 fully saturated rings. The van der Waals surface area contributed by atoms with Crippen molar-refractivity contribution < 1.29 is 9.59 Å². The molecule has 6 heteroatoms. The molecule has 1 aromatic heterocycles. The summed E-state index contributed by atoms with van der Waals surface area (Å²) >= 11 is 13.7. The first-order valence-electron chi connectivity index (χ1n) is 8.87. The van der Waals surface area contributed by atoms with Crippen LogP contribution in [0.15, 0.2) is 72.8 Å². The number of rotatable bonds is 5. The average molecular weight is 440 g/mol. The molecule has 3 nitrogen and oxygen atoms in total. The molecule has 0 saturated carbocycles. The number of nitrogens with one attached hydrogen (secondary N) is 1. The SMILES string of the molecule is O=C(Nc1ccc(Cl)cc1)c1cccc(CC(=O)c2sc3ccccc3c2Cl)c1. The van der Waals surface area contributed by atoms with E-state index in [9.17, 15) is 9.59 Å². The first kappa shape index (κ1) is 19.6. The lowest BCUT2D eigenvalue weighted by atomic mass is 10.0. The van der Waals surface area contributed by atoms with Gasteiger partial charge in [-0.1, -0.05) is 53.5 Å². The number of thiophene rings is 1. The van der Waals surface area contributed by atoms with Gasteiger partial charge in [0.15, 0.2) is 5.78 Å². The van der Waals surface area contributed by atoms with E-state index in [0.29, 0.717) is 26.2 Å². The largest absolute Gasteiger partial charge is 0.322 e. The highest BCUT2D eigenvalue weighted by Gasteiger charge is 2.18. The number of amides is 1. The van der Waals surface area contributed by atoms with Gasteiger partial charge in [0, 0.05) is 32.8 Å². The van der Waals surface area contributed by atoms with Crippen LogP contribution in [0.5, 0.6) is 0 Å². The van der Waals surface area contributed by atoms with E-state index in [1.807, 2.05) is 30.3 Å². The second kappa shape index (κ2) is 8.37. The molecule has 0 aliphatic rings. The summed E-state index contributed by atoms with van der Waals surface area (Å²) in [5.74, 6) is -0.312. The van der Waals surface area contributed by atoms with Crippen molar-refractivity contribution >= 4 is 62.0 Å². The van der Waals surface area contributed by atoms with Gasteiger partial charge >= 0.3 is 0 Å². The molecule has 0 aliphatic heterocycles. The van der Waals surface area contributed by atoms with E-state index >= 15 is 0 Å². The summed E-state index contributed by atoms with van der Waals surface area (Å²) in [5.41, 5.74) is 1.89. The van der Waals surface area contributed by atoms with Gasteiger partial charge in [0.05, 0.1) is 9.90 Å². The summed E-state index contributed by atoms with van der Waals surface area (Å²) < 4.78 is 0.983. The van der Waals surface area contributed by atoms with Gasteiger partial charge in [-0.15, -0.1) is 11.3 Å². The lowest BCUT2D eigenvalue weighted by molar-refractivity contribution is 0.0992. The number of fused-ring (bicyclic) bond motifs is 1. The number of benzene rings is 3. The molecule has 3 aromatic carbocycles. The van der Waals surface area contributed by atoms with Gasteiger partial charge in [0.2, 0.25) is 0 Å². The topological polar surface area (TPSA) is 46.2 Å². The lowest BCUT2D eigenvalue weighted by Crippen LogP contribution is -2.12. The number of hydrogen-bond donors (Lipinski definition) is 1. The standard InChI is InChI=1S/C23H15Cl2NO2S/c24-16-8-10-17(11-9-16)26-23(28)15-5-3-4-14(12-15)13-19(27)22-21(25)18-6-1-2-7-20(18)29-22/h1-12H,13H2,(H,26,28). The zero-order chi connectivity index (χ0) is 20.4. The molecule has 0 unspecified atom stereocenters. The highest BCUT2D eigenvalue weighted by molar-refractivity contribution is 7.21. The zero-order valence-electron chi connectivity index (χ0n) is 15.1. The van der Waals surface area contributed by atoms with Crippen LogP contribution < -0.4 is 5.32 Å². The van der Waals surface area contributed by atoms with Gasteiger partial charge in [-0.25, -0.2) is 0 Å². The molecular weight excluding hydrogens is 425 g/mol. The van der Waals surface area contributed by atoms with Crippen LogP contribution in [0, 0.1) is 0 Å². The van der Waals surface area contributed by atoms with E-state index in [1.165, 1.54) is 11.3 Å². The third-order valence-corrected chi connectivity index (χ3v) is 6.41. The first-order chi connectivity index (χ1) is 14.0. The Balaban J connectivity index is 1.52. The lowest BCUT2D eigenvalue weighted by Gasteiger charge is -2.07. The van der Waals surface area contributed by atoms with Crippen molar-refractivity contribution in [3.8, 4) is 0 Å². The monoisotopic (exact) mass is 439 g/mol. The van der Waals surface area contributed by atoms with E-state index in [-0.39, 0.29) is 18.1 Å². The molecule has 0 aliphatic carbocycles. The van der Waals surface area contributed by atoms with Gasteiger partial charge < -0.3 is 5.32 Å². The fourth-order valence-electron chi connectivity index (χ4n) is 3.02. The number of anilines is 1. The van der Waals surface area contributed by atoms with Crippen LogP contribution >= 0.6 is 34.5 Å². The summed E-state index contributed by atoms with van der Waals surface area (Å²) in [6, 6.07) is 21.6. The van der Waals surface area contributed by atoms with Crippen LogP contribution in [0.3, 0.4) is 0 Å². The predicted octanol–water partition coefficient (Wildman–Crippen LogP) is 6.89. The van der Waals surface area contributed by atoms with E-state index in [4.69, 9.17) is 23.2 Å². The van der Waals surface area contributed by atoms with Crippen LogP contribution in [0.1, 0.15) is 25.6 Å². The van der Waals surface area contributed by atoms with Crippen molar-refractivity contribution in [3.63, 3.8) is 0 Å². The minimum atomic E-state index is -0.249. The third kappa shape index (κ3) is 4.35. The van der Waals surface area contributed by atoms with Gasteiger partial charge in [0.1, 0.15) is 0 Å². The summed E-state index contributed by atoms with van der Waals surface area (Å²) in [7, 11) is 0. The molecule has 1 N–H and O–H groups in total. The average Bonchev–Trinajstić information content (AvgIpc) is 3.07. The normalized spacial score (nSPS) is 10.8. The number of Topliss-reactive ketones (excluding diaryl/α,β-unsaturated/α-hetero) is 1.